The van der Waals surface area contributed by atoms with Gasteiger partial charge >= 0.3 is 6.09 Å². The summed E-state index contributed by atoms with van der Waals surface area (Å²) in [6.45, 7) is 0.756. The van der Waals surface area contributed by atoms with Gasteiger partial charge in [-0.1, -0.05) is 24.3 Å². The van der Waals surface area contributed by atoms with Crippen LogP contribution in [0.25, 0.3) is 0 Å². The Balaban J connectivity index is 1.36. The summed E-state index contributed by atoms with van der Waals surface area (Å²) in [4.78, 5) is 15.9. The highest BCUT2D eigenvalue weighted by atomic mass is 32.2. The lowest BCUT2D eigenvalue weighted by atomic mass is 9.98. The lowest BCUT2D eigenvalue weighted by Gasteiger charge is -2.24. The lowest BCUT2D eigenvalue weighted by molar-refractivity contribution is 0.0903. The van der Waals surface area contributed by atoms with Crippen LogP contribution in [0.1, 0.15) is 31.2 Å². The second kappa shape index (κ2) is 16.6. The third-order valence-electron chi connectivity index (χ3n) is 6.54. The van der Waals surface area contributed by atoms with Gasteiger partial charge in [0.1, 0.15) is 8.96 Å². The third-order valence-corrected chi connectivity index (χ3v) is 8.44. The van der Waals surface area contributed by atoms with E-state index < -0.39 is 16.3 Å². The SMILES string of the molecule is [B]NPOC(=O)N1C[C@@H](S)C[C@H]1CNS(=O)(=O)NCCOC1C=C(CCCc2ccc(OC)c(OC)c2)C=CC1. The van der Waals surface area contributed by atoms with Crippen molar-refractivity contribution in [3.8, 4) is 11.5 Å². The number of nitrogens with zero attached hydrogens (tertiary/aromatic N) is 1. The molecule has 2 aliphatic rings. The van der Waals surface area contributed by atoms with Crippen LogP contribution in [0.3, 0.4) is 0 Å². The number of carbonyl (C=O) groups is 1. The van der Waals surface area contributed by atoms with Gasteiger partial charge in [0.05, 0.1) is 26.9 Å². The second-order valence-electron chi connectivity index (χ2n) is 9.39. The van der Waals surface area contributed by atoms with Crippen LogP contribution in [-0.2, 0) is 25.9 Å². The van der Waals surface area contributed by atoms with Crippen molar-refractivity contribution in [2.45, 2.75) is 49.5 Å². The van der Waals surface area contributed by atoms with Crippen molar-refractivity contribution in [1.82, 2.24) is 19.3 Å². The first-order chi connectivity index (χ1) is 19.2. The van der Waals surface area contributed by atoms with Crippen molar-refractivity contribution in [2.24, 2.45) is 0 Å². The molecule has 1 saturated heterocycles. The van der Waals surface area contributed by atoms with Crippen molar-refractivity contribution in [3.63, 3.8) is 0 Å². The summed E-state index contributed by atoms with van der Waals surface area (Å²) >= 11 is 4.42. The number of likely N-dealkylation sites (tertiary alicyclic amines) is 1. The van der Waals surface area contributed by atoms with Gasteiger partial charge in [-0.15, -0.1) is 0 Å². The molecule has 11 nitrogen and oxygen atoms in total. The zero-order chi connectivity index (χ0) is 29.0. The standard InChI is InChI=1S/C25H38BN4O7PS2/c1-34-23-10-9-19(14-24(23)35-2)6-3-5-18-7-4-8-21(13-18)36-12-11-27-40(32,33)28-16-20-15-22(39)17-30(20)25(31)37-38-29-26/h4,7,9-10,13-14,20-22,27-29,38-39H,3,5-6,8,11-12,15-17H2,1-2H3/t20-,21?,22-/m0/s1. The van der Waals surface area contributed by atoms with Crippen molar-refractivity contribution in [3.05, 3.63) is 47.6 Å². The van der Waals surface area contributed by atoms with Gasteiger partial charge in [-0.05, 0) is 55.4 Å². The average Bonchev–Trinajstić information content (AvgIpc) is 3.33. The maximum absolute atomic E-state index is 12.4. The molecule has 2 unspecified atom stereocenters. The Kier molecular flexibility index (Phi) is 13.6. The number of amides is 1. The third kappa shape index (κ3) is 10.6. The summed E-state index contributed by atoms with van der Waals surface area (Å²) in [6, 6.07) is 5.60. The summed E-state index contributed by atoms with van der Waals surface area (Å²) in [5.74, 6) is 1.44. The Morgan fingerprint density at radius 3 is 2.75 bits per heavy atom. The molecule has 1 aromatic rings. The first-order valence-electron chi connectivity index (χ1n) is 13.0. The van der Waals surface area contributed by atoms with Crippen LogP contribution in [0.15, 0.2) is 42.0 Å². The van der Waals surface area contributed by atoms with Crippen molar-refractivity contribution in [1.29, 1.82) is 0 Å². The van der Waals surface area contributed by atoms with E-state index in [0.717, 1.165) is 31.4 Å². The molecule has 1 fully saturated rings. The summed E-state index contributed by atoms with van der Waals surface area (Å²) < 4.78 is 51.5. The summed E-state index contributed by atoms with van der Waals surface area (Å²) in [5, 5.41) is -0.0639. The first kappa shape index (κ1) is 32.7. The molecule has 220 valence electrons. The number of rotatable bonds is 16. The quantitative estimate of drug-likeness (QED) is 0.0971. The molecule has 1 aliphatic heterocycles. The van der Waals surface area contributed by atoms with Crippen LogP contribution in [0.5, 0.6) is 11.5 Å². The Labute approximate surface area is 245 Å². The van der Waals surface area contributed by atoms with Crippen LogP contribution < -0.4 is 23.9 Å². The van der Waals surface area contributed by atoms with Gasteiger partial charge in [0.15, 0.2) is 19.5 Å². The van der Waals surface area contributed by atoms with Crippen molar-refractivity contribution in [2.75, 3.05) is 40.5 Å². The highest BCUT2D eigenvalue weighted by Crippen LogP contribution is 2.29. The number of thiol groups is 1. The highest BCUT2D eigenvalue weighted by Gasteiger charge is 2.35. The molecule has 3 rings (SSSR count). The second-order valence-corrected chi connectivity index (χ2v) is 12.4. The summed E-state index contributed by atoms with van der Waals surface area (Å²) in [5.41, 5.74) is 2.38. The minimum absolute atomic E-state index is 0.0460. The molecule has 1 amide bonds. The molecule has 15 heteroatoms. The molecular formula is C25H38BN4O7PS2. The number of ether oxygens (including phenoxy) is 3. The Morgan fingerprint density at radius 1 is 1.20 bits per heavy atom. The van der Waals surface area contributed by atoms with Crippen LogP contribution >= 0.6 is 21.6 Å². The van der Waals surface area contributed by atoms with Gasteiger partial charge in [-0.3, -0.25) is 0 Å². The average molecular weight is 613 g/mol. The first-order valence-corrected chi connectivity index (χ1v) is 16.0. The molecule has 1 aromatic carbocycles. The zero-order valence-electron chi connectivity index (χ0n) is 22.8. The number of hydrogen-bond donors (Lipinski definition) is 4. The van der Waals surface area contributed by atoms with Gasteiger partial charge in [-0.25, -0.2) is 9.52 Å². The molecule has 1 heterocycles. The fraction of sp³-hybridized carbons (Fsp3) is 0.560. The van der Waals surface area contributed by atoms with Gasteiger partial charge in [0, 0.05) is 30.9 Å². The lowest BCUT2D eigenvalue weighted by Crippen LogP contribution is -2.46. The van der Waals surface area contributed by atoms with E-state index in [9.17, 15) is 13.2 Å². The zero-order valence-corrected chi connectivity index (χ0v) is 25.5. The van der Waals surface area contributed by atoms with Crippen molar-refractivity contribution >= 4 is 45.9 Å². The molecule has 2 radical (unpaired) electrons. The molecule has 40 heavy (non-hydrogen) atoms. The van der Waals surface area contributed by atoms with E-state index in [-0.39, 0.29) is 46.1 Å². The largest absolute Gasteiger partial charge is 0.493 e. The fourth-order valence-corrected chi connectivity index (χ4v) is 6.16. The van der Waals surface area contributed by atoms with E-state index >= 15 is 0 Å². The van der Waals surface area contributed by atoms with Crippen LogP contribution in [0, 0.1) is 0 Å². The van der Waals surface area contributed by atoms with Crippen LogP contribution in [0.4, 0.5) is 4.79 Å². The molecular weight excluding hydrogens is 574 g/mol. The van der Waals surface area contributed by atoms with Crippen LogP contribution in [-0.4, -0.2) is 85.2 Å². The Hall–Kier alpha value is -1.80. The molecule has 0 aromatic heterocycles. The number of allylic oxidation sites excluding steroid dienone is 2. The topological polar surface area (TPSA) is 127 Å². The molecule has 0 bridgehead atoms. The smallest absolute Gasteiger partial charge is 0.413 e. The van der Waals surface area contributed by atoms with E-state index in [1.807, 2.05) is 18.2 Å². The number of aryl methyl sites for hydroxylation is 1. The van der Waals surface area contributed by atoms with Crippen molar-refractivity contribution < 1.29 is 31.9 Å². The number of methoxy groups -OCH3 is 2. The maximum atomic E-state index is 12.4. The van der Waals surface area contributed by atoms with E-state index in [2.05, 4.69) is 45.3 Å². The number of hydrogen-bond acceptors (Lipinski definition) is 9. The Bertz CT molecular complexity index is 1140. The summed E-state index contributed by atoms with van der Waals surface area (Å²) in [7, 11) is 4.24. The van der Waals surface area contributed by atoms with E-state index in [1.54, 1.807) is 14.2 Å². The molecule has 1 aliphatic carbocycles. The molecule has 4 atom stereocenters. The van der Waals surface area contributed by atoms with E-state index in [1.165, 1.54) is 16.0 Å². The normalized spacial score (nSPS) is 21.1. The minimum atomic E-state index is -3.77. The predicted octanol–water partition coefficient (Wildman–Crippen LogP) is 2.41. The maximum Gasteiger partial charge on any atom is 0.413 e. The van der Waals surface area contributed by atoms with Crippen LogP contribution in [0.2, 0.25) is 0 Å². The monoisotopic (exact) mass is 612 g/mol. The highest BCUT2D eigenvalue weighted by molar-refractivity contribution is 7.87. The number of carbonyl (C=O) groups excluding carboxylic acids is 1. The van der Waals surface area contributed by atoms with Gasteiger partial charge in [-0.2, -0.15) is 25.8 Å². The van der Waals surface area contributed by atoms with E-state index in [4.69, 9.17) is 26.7 Å². The molecule has 0 saturated carbocycles. The van der Waals surface area contributed by atoms with Gasteiger partial charge in [0.2, 0.25) is 0 Å². The summed E-state index contributed by atoms with van der Waals surface area (Å²) in [6.07, 6.45) is 9.70. The predicted molar refractivity (Wildman–Crippen MR) is 161 cm³/mol. The van der Waals surface area contributed by atoms with E-state index in [0.29, 0.717) is 18.7 Å². The fourth-order valence-electron chi connectivity index (χ4n) is 4.62. The van der Waals surface area contributed by atoms with Gasteiger partial charge < -0.3 is 28.6 Å². The number of nitrogens with one attached hydrogen (secondary N) is 3. The minimum Gasteiger partial charge on any atom is -0.493 e. The Morgan fingerprint density at radius 2 is 2.00 bits per heavy atom. The van der Waals surface area contributed by atoms with Gasteiger partial charge in [0.25, 0.3) is 10.2 Å². The molecule has 3 N–H and O–H groups in total. The number of benzene rings is 1. The molecule has 0 spiro atoms.